The largest absolute Gasteiger partial charge is 0.352 e. The number of Topliss-reactive ketones (excluding diaryl/α,β-unsaturated/α-hetero) is 5. The topological polar surface area (TPSA) is 318 Å². The van der Waals surface area contributed by atoms with Gasteiger partial charge >= 0.3 is 0 Å². The number of carbonyl (C=O) groups is 9. The Balaban J connectivity index is 0.000000794. The van der Waals surface area contributed by atoms with E-state index in [1.807, 2.05) is 179 Å². The monoisotopic (exact) mass is 1930 g/mol. The molecule has 0 saturated heterocycles. The highest BCUT2D eigenvalue weighted by molar-refractivity contribution is 5.94. The molecule has 4 N–H and O–H groups in total. The van der Waals surface area contributed by atoms with Gasteiger partial charge in [-0.15, -0.1) is 0 Å². The molecule has 0 bridgehead atoms. The van der Waals surface area contributed by atoms with Gasteiger partial charge in [-0.05, 0) is 247 Å². The lowest BCUT2D eigenvalue weighted by atomic mass is 9.79. The second kappa shape index (κ2) is 66.4. The minimum absolute atomic E-state index is 0.0398. The predicted octanol–water partition coefficient (Wildman–Crippen LogP) is 26.1. The summed E-state index contributed by atoms with van der Waals surface area (Å²) in [5.74, 6) is 1.69. The van der Waals surface area contributed by atoms with Gasteiger partial charge in [0.25, 0.3) is 11.8 Å². The van der Waals surface area contributed by atoms with E-state index in [0.717, 1.165) is 125 Å². The summed E-state index contributed by atoms with van der Waals surface area (Å²) in [7, 11) is 0. The molecule has 774 valence electrons. The van der Waals surface area contributed by atoms with Gasteiger partial charge in [-0.2, -0.15) is 0 Å². The quantitative estimate of drug-likeness (QED) is 0.0265. The molecule has 9 heterocycles. The van der Waals surface area contributed by atoms with Gasteiger partial charge in [0, 0.05) is 204 Å². The van der Waals surface area contributed by atoms with Gasteiger partial charge in [0.05, 0.1) is 5.56 Å². The van der Waals surface area contributed by atoms with Crippen molar-refractivity contribution in [3.63, 3.8) is 0 Å². The molecule has 22 heteroatoms. The van der Waals surface area contributed by atoms with Crippen LogP contribution in [0.5, 0.6) is 0 Å². The number of pyridine rings is 9. The number of hydrogen-bond acceptors (Lipinski definition) is 18. The van der Waals surface area contributed by atoms with E-state index in [2.05, 4.69) is 197 Å². The van der Waals surface area contributed by atoms with Gasteiger partial charge in [-0.25, -0.2) is 0 Å². The maximum atomic E-state index is 12.2. The number of aromatic nitrogens is 9. The van der Waals surface area contributed by atoms with E-state index in [1.165, 1.54) is 11.1 Å². The first-order valence-electron chi connectivity index (χ1n) is 50.4. The summed E-state index contributed by atoms with van der Waals surface area (Å²) >= 11 is 0. The number of carbonyl (C=O) groups excluding carboxylic acids is 9. The van der Waals surface area contributed by atoms with Crippen molar-refractivity contribution in [3.8, 4) is 0 Å². The molecule has 0 unspecified atom stereocenters. The Bertz CT molecular complexity index is 4610. The molecule has 0 aromatic carbocycles. The molecule has 0 spiro atoms. The maximum absolute atomic E-state index is 12.2. The van der Waals surface area contributed by atoms with Gasteiger partial charge in [0.1, 0.15) is 34.6 Å². The Labute approximate surface area is 850 Å². The SMILES string of the molecule is CC(C)(C)C(=O)CCCc1ccccn1.CC(C)(C)C(=O)CCCc1cccnc1.CC(C)(C)C(=O)CCCc1ccncc1.CC(C)(C)CC(=O)NCc1ccncc1.CC(C)(C)CCC(=O)Cc1ccccn1.CC(C)(C)CCC(=O)Cc1cccnc1.CC(C)(C)CCC(C)(C)C(=O)NCc1ccncc1.CC(C)(C)CCCNC(=O)c1ccccn1.CC(C)(C)CCCNC(=O)c1cccnc1. The molecule has 0 aliphatic rings. The first kappa shape index (κ1) is 128. The summed E-state index contributed by atoms with van der Waals surface area (Å²) in [6, 6.07) is 39.9. The van der Waals surface area contributed by atoms with Crippen LogP contribution >= 0.6 is 0 Å². The Morgan fingerprint density at radius 1 is 0.270 bits per heavy atom. The fourth-order valence-corrected chi connectivity index (χ4v) is 12.5. The highest BCUT2D eigenvalue weighted by Crippen LogP contribution is 2.32. The Morgan fingerprint density at radius 3 is 1.03 bits per heavy atom. The summed E-state index contributed by atoms with van der Waals surface area (Å²) in [5.41, 5.74) is 9.21. The highest BCUT2D eigenvalue weighted by atomic mass is 16.2. The molecule has 0 aliphatic heterocycles. The van der Waals surface area contributed by atoms with Crippen LogP contribution < -0.4 is 21.3 Å². The first-order valence-corrected chi connectivity index (χ1v) is 50.4. The molecule has 9 aromatic heterocycles. The molecular weight excluding hydrogens is 1760 g/mol. The Morgan fingerprint density at radius 2 is 0.645 bits per heavy atom. The zero-order valence-corrected chi connectivity index (χ0v) is 91.9. The van der Waals surface area contributed by atoms with Crippen molar-refractivity contribution in [1.82, 2.24) is 66.1 Å². The van der Waals surface area contributed by atoms with Crippen LogP contribution in [0.2, 0.25) is 0 Å². The van der Waals surface area contributed by atoms with Gasteiger partial charge in [-0.3, -0.25) is 88.0 Å². The summed E-state index contributed by atoms with van der Waals surface area (Å²) in [6.07, 6.45) is 44.5. The maximum Gasteiger partial charge on any atom is 0.269 e. The zero-order valence-electron chi connectivity index (χ0n) is 91.9. The molecule has 22 nitrogen and oxygen atoms in total. The third kappa shape index (κ3) is 72.5. The number of hydrogen-bond donors (Lipinski definition) is 4. The minimum Gasteiger partial charge on any atom is -0.352 e. The zero-order chi connectivity index (χ0) is 106. The van der Waals surface area contributed by atoms with Crippen molar-refractivity contribution < 1.29 is 43.2 Å². The van der Waals surface area contributed by atoms with Crippen LogP contribution in [-0.2, 0) is 78.8 Å². The molecule has 0 fully saturated rings. The van der Waals surface area contributed by atoms with E-state index in [4.69, 9.17) is 0 Å². The van der Waals surface area contributed by atoms with Gasteiger partial charge in [0.15, 0.2) is 0 Å². The van der Waals surface area contributed by atoms with E-state index in [0.29, 0.717) is 116 Å². The number of aryl methyl sites for hydroxylation is 3. The normalized spacial score (nSPS) is 11.4. The second-order valence-corrected chi connectivity index (χ2v) is 47.0. The predicted molar refractivity (Wildman–Crippen MR) is 577 cm³/mol. The third-order valence-corrected chi connectivity index (χ3v) is 21.7. The van der Waals surface area contributed by atoms with Crippen LogP contribution in [0.4, 0.5) is 0 Å². The average molecular weight is 1940 g/mol. The lowest BCUT2D eigenvalue weighted by Crippen LogP contribution is -2.37. The summed E-state index contributed by atoms with van der Waals surface area (Å²) < 4.78 is 0. The van der Waals surface area contributed by atoms with Crippen molar-refractivity contribution in [3.05, 3.63) is 271 Å². The van der Waals surface area contributed by atoms with Crippen molar-refractivity contribution in [1.29, 1.82) is 0 Å². The Kier molecular flexibility index (Phi) is 60.1. The number of nitrogens with zero attached hydrogens (tertiary/aromatic N) is 9. The Hall–Kier alpha value is -11.4. The smallest absolute Gasteiger partial charge is 0.269 e. The lowest BCUT2D eigenvalue weighted by molar-refractivity contribution is -0.130. The fourth-order valence-electron chi connectivity index (χ4n) is 12.5. The summed E-state index contributed by atoms with van der Waals surface area (Å²) in [5, 5.41) is 11.7. The van der Waals surface area contributed by atoms with Crippen LogP contribution in [0, 0.1) is 54.1 Å². The highest BCUT2D eigenvalue weighted by Gasteiger charge is 2.30. The van der Waals surface area contributed by atoms with E-state index >= 15 is 0 Å². The van der Waals surface area contributed by atoms with E-state index in [9.17, 15) is 43.2 Å². The lowest BCUT2D eigenvalue weighted by Gasteiger charge is -2.28. The number of rotatable bonds is 36. The molecule has 9 aromatic rings. The third-order valence-electron chi connectivity index (χ3n) is 21.7. The van der Waals surface area contributed by atoms with E-state index < -0.39 is 0 Å². The van der Waals surface area contributed by atoms with Gasteiger partial charge in [-0.1, -0.05) is 231 Å². The fraction of sp³-hybridized carbons (Fsp3) is 0.546. The van der Waals surface area contributed by atoms with Crippen LogP contribution in [0.25, 0.3) is 0 Å². The standard InChI is InChI=1S/C16H26N2O.2C13H20N2O.5C13H19NO.C12H18N2O/c1-15(2,3)8-9-16(4,5)14(19)18-12-13-6-10-17-11-7-13;1-13(2,3)7-5-9-15-12(16)11-6-4-8-14-10-11;1-13(2,3)8-6-10-15-12(16)11-7-4-5-9-14-11;1-13(2,3)12(15)8-4-6-11-7-5-9-14-10-11;1-13(2,3)7-6-12(15)9-11-5-4-8-14-10-11;1-13(2,3)12(15)9-6-8-11-7-4-5-10-14-11;1-13(2,3)12(15)6-4-5-11-7-9-14-10-8-11;1-13(2,3)8-7-12(15)10-11-6-4-5-9-14-11;1-12(2,3)8-11(15)14-9-10-4-6-13-7-5-10/h6-7,10-11H,8-9,12H2,1-5H3,(H,18,19);4,6,8,10H,5,7,9H2,1-3H3,(H,15,16);4-5,7,9H,6,8,10H2,1-3H3,(H,15,16);5,7,9-10H,4,6,8H2,1-3H3;4-5,8,10H,6-7,9H2,1-3H3;4-5,7,10H,6,8-9H2,1-3H3;7-10H,4-6H2,1-3H3;4-6,9H,7-8,10H2,1-3H3;4-7H,8-9H2,1-3H3,(H,14,15). The van der Waals surface area contributed by atoms with Crippen LogP contribution in [-0.4, -0.2) is 110 Å². The van der Waals surface area contributed by atoms with E-state index in [1.54, 1.807) is 111 Å². The van der Waals surface area contributed by atoms with Crippen molar-refractivity contribution in [2.75, 3.05) is 13.1 Å². The minimum atomic E-state index is -0.319. The van der Waals surface area contributed by atoms with Crippen molar-refractivity contribution in [2.45, 2.75) is 355 Å². The average Bonchev–Trinajstić information content (AvgIpc) is 0.814. The molecule has 0 saturated carbocycles. The van der Waals surface area contributed by atoms with Crippen LogP contribution in [0.1, 0.15) is 370 Å². The van der Waals surface area contributed by atoms with Crippen molar-refractivity contribution in [2.24, 2.45) is 54.1 Å². The molecule has 0 atom stereocenters. The van der Waals surface area contributed by atoms with Gasteiger partial charge < -0.3 is 21.3 Å². The second-order valence-electron chi connectivity index (χ2n) is 47.0. The number of amides is 4. The molecule has 4 amide bonds. The molecular formula is C119H179N13O9. The van der Waals surface area contributed by atoms with Crippen molar-refractivity contribution >= 4 is 52.5 Å². The van der Waals surface area contributed by atoms with E-state index in [-0.39, 0.29) is 72.7 Å². The van der Waals surface area contributed by atoms with Crippen LogP contribution in [0.15, 0.2) is 220 Å². The number of nitrogens with one attached hydrogen (secondary N) is 4. The molecule has 0 aliphatic carbocycles. The molecule has 0 radical (unpaired) electrons. The van der Waals surface area contributed by atoms with Gasteiger partial charge in [0.2, 0.25) is 11.8 Å². The van der Waals surface area contributed by atoms with Crippen LogP contribution in [0.3, 0.4) is 0 Å². The first-order chi connectivity index (χ1) is 65.6. The summed E-state index contributed by atoms with van der Waals surface area (Å²) in [4.78, 5) is 141. The molecule has 141 heavy (non-hydrogen) atoms. The number of ketones is 5. The molecule has 9 rings (SSSR count). The summed E-state index contributed by atoms with van der Waals surface area (Å²) in [6.45, 7) is 63.3.